The second-order valence-corrected chi connectivity index (χ2v) is 6.68. The Morgan fingerprint density at radius 3 is 2.90 bits per heavy atom. The fourth-order valence-corrected chi connectivity index (χ4v) is 3.11. The molecule has 1 aliphatic heterocycles. The molecule has 0 aromatic carbocycles. The molecule has 112 valence electrons. The van der Waals surface area contributed by atoms with Gasteiger partial charge in [-0.2, -0.15) is 0 Å². The van der Waals surface area contributed by atoms with E-state index in [-0.39, 0.29) is 12.1 Å². The van der Waals surface area contributed by atoms with Gasteiger partial charge in [-0.15, -0.1) is 11.3 Å². The van der Waals surface area contributed by atoms with E-state index in [1.807, 2.05) is 27.1 Å². The molecule has 20 heavy (non-hydrogen) atoms. The zero-order valence-corrected chi connectivity index (χ0v) is 13.2. The first kappa shape index (κ1) is 15.3. The van der Waals surface area contributed by atoms with Crippen LogP contribution in [-0.2, 0) is 4.74 Å². The van der Waals surface area contributed by atoms with Crippen molar-refractivity contribution in [3.8, 4) is 0 Å². The van der Waals surface area contributed by atoms with Crippen molar-refractivity contribution >= 4 is 17.4 Å². The third kappa shape index (κ3) is 4.18. The summed E-state index contributed by atoms with van der Waals surface area (Å²) < 4.78 is 5.34. The number of amides is 2. The van der Waals surface area contributed by atoms with Crippen LogP contribution in [0.1, 0.15) is 35.7 Å². The van der Waals surface area contributed by atoms with Crippen molar-refractivity contribution in [3.63, 3.8) is 0 Å². The summed E-state index contributed by atoms with van der Waals surface area (Å²) in [5.41, 5.74) is 0. The molecule has 2 rings (SSSR count). The van der Waals surface area contributed by atoms with E-state index in [1.54, 1.807) is 16.2 Å². The Hall–Kier alpha value is -1.14. The number of nitrogens with zero attached hydrogens (tertiary/aromatic N) is 2. The van der Waals surface area contributed by atoms with Crippen molar-refractivity contribution in [1.82, 2.24) is 15.2 Å². The molecule has 1 unspecified atom stereocenters. The van der Waals surface area contributed by atoms with Crippen LogP contribution in [0.4, 0.5) is 4.79 Å². The molecular formula is C14H23N3O2S. The van der Waals surface area contributed by atoms with E-state index in [0.29, 0.717) is 5.92 Å². The van der Waals surface area contributed by atoms with E-state index in [2.05, 4.69) is 10.3 Å². The largest absolute Gasteiger partial charge is 0.381 e. The second-order valence-electron chi connectivity index (χ2n) is 5.42. The Morgan fingerprint density at radius 2 is 2.30 bits per heavy atom. The molecule has 1 aliphatic rings. The highest BCUT2D eigenvalue weighted by Gasteiger charge is 2.20. The van der Waals surface area contributed by atoms with Gasteiger partial charge in [0.15, 0.2) is 0 Å². The minimum atomic E-state index is -0.0432. The summed E-state index contributed by atoms with van der Waals surface area (Å²) in [5.74, 6) is 0.553. The fraction of sp³-hybridized carbons (Fsp3) is 0.714. The molecule has 1 fully saturated rings. The van der Waals surface area contributed by atoms with Crippen molar-refractivity contribution in [3.05, 3.63) is 16.1 Å². The number of rotatable bonds is 4. The third-order valence-corrected chi connectivity index (χ3v) is 4.66. The SMILES string of the molecule is Cc1cnc(C(C)NC(=O)N(C)CC2CCOCC2)s1. The molecule has 1 atom stereocenters. The van der Waals surface area contributed by atoms with Crippen molar-refractivity contribution < 1.29 is 9.53 Å². The summed E-state index contributed by atoms with van der Waals surface area (Å²) in [6, 6.07) is -0.0739. The van der Waals surface area contributed by atoms with E-state index >= 15 is 0 Å². The second kappa shape index (κ2) is 7.04. The van der Waals surface area contributed by atoms with Gasteiger partial charge in [0.1, 0.15) is 5.01 Å². The lowest BCUT2D eigenvalue weighted by Gasteiger charge is -2.28. The third-order valence-electron chi connectivity index (χ3n) is 3.57. The van der Waals surface area contributed by atoms with E-state index in [0.717, 1.165) is 42.5 Å². The van der Waals surface area contributed by atoms with Crippen LogP contribution in [0.5, 0.6) is 0 Å². The van der Waals surface area contributed by atoms with Crippen LogP contribution in [0, 0.1) is 12.8 Å². The molecule has 1 aromatic rings. The van der Waals surface area contributed by atoms with E-state index in [1.165, 1.54) is 0 Å². The summed E-state index contributed by atoms with van der Waals surface area (Å²) in [7, 11) is 1.85. The Morgan fingerprint density at radius 1 is 1.60 bits per heavy atom. The van der Waals surface area contributed by atoms with Crippen LogP contribution in [-0.4, -0.2) is 42.7 Å². The van der Waals surface area contributed by atoms with Crippen molar-refractivity contribution in [2.24, 2.45) is 5.92 Å². The molecule has 0 radical (unpaired) electrons. The summed E-state index contributed by atoms with van der Waals surface area (Å²) in [5, 5.41) is 3.96. The van der Waals surface area contributed by atoms with E-state index < -0.39 is 0 Å². The molecule has 0 spiro atoms. The molecule has 1 N–H and O–H groups in total. The minimum absolute atomic E-state index is 0.0307. The van der Waals surface area contributed by atoms with Gasteiger partial charge < -0.3 is 15.0 Å². The summed E-state index contributed by atoms with van der Waals surface area (Å²) in [6.07, 6.45) is 3.92. The average molecular weight is 297 g/mol. The smallest absolute Gasteiger partial charge is 0.317 e. The predicted molar refractivity (Wildman–Crippen MR) is 80.0 cm³/mol. The normalized spacial score (nSPS) is 17.8. The molecule has 2 heterocycles. The molecule has 2 amide bonds. The monoisotopic (exact) mass is 297 g/mol. The van der Waals surface area contributed by atoms with Crippen molar-refractivity contribution in [1.29, 1.82) is 0 Å². The lowest BCUT2D eigenvalue weighted by Crippen LogP contribution is -2.41. The van der Waals surface area contributed by atoms with Gasteiger partial charge in [-0.1, -0.05) is 0 Å². The fourth-order valence-electron chi connectivity index (χ4n) is 2.33. The number of carbonyl (C=O) groups excluding carboxylic acids is 1. The molecule has 5 nitrogen and oxygen atoms in total. The van der Waals surface area contributed by atoms with Gasteiger partial charge in [-0.25, -0.2) is 9.78 Å². The highest BCUT2D eigenvalue weighted by molar-refractivity contribution is 7.11. The Balaban J connectivity index is 1.81. The van der Waals surface area contributed by atoms with Crippen LogP contribution in [0.3, 0.4) is 0 Å². The van der Waals surface area contributed by atoms with Gasteiger partial charge >= 0.3 is 6.03 Å². The van der Waals surface area contributed by atoms with Gasteiger partial charge in [0.05, 0.1) is 6.04 Å². The maximum atomic E-state index is 12.2. The lowest BCUT2D eigenvalue weighted by atomic mass is 10.00. The van der Waals surface area contributed by atoms with E-state index in [4.69, 9.17) is 4.74 Å². The van der Waals surface area contributed by atoms with Gasteiger partial charge in [-0.05, 0) is 32.6 Å². The number of thiazole rings is 1. The molecule has 0 saturated carbocycles. The van der Waals surface area contributed by atoms with E-state index in [9.17, 15) is 4.79 Å². The number of aryl methyl sites for hydroxylation is 1. The lowest BCUT2D eigenvalue weighted by molar-refractivity contribution is 0.0585. The van der Waals surface area contributed by atoms with Gasteiger partial charge in [-0.3, -0.25) is 0 Å². The summed E-state index contributed by atoms with van der Waals surface area (Å²) >= 11 is 1.62. The van der Waals surface area contributed by atoms with Crippen LogP contribution in [0.15, 0.2) is 6.20 Å². The zero-order chi connectivity index (χ0) is 14.5. The van der Waals surface area contributed by atoms with Crippen LogP contribution >= 0.6 is 11.3 Å². The first-order chi connectivity index (χ1) is 9.56. The Labute approximate surface area is 124 Å². The summed E-state index contributed by atoms with van der Waals surface area (Å²) in [6.45, 7) is 6.41. The first-order valence-corrected chi connectivity index (χ1v) is 7.89. The van der Waals surface area contributed by atoms with Crippen LogP contribution in [0.25, 0.3) is 0 Å². The van der Waals surface area contributed by atoms with Crippen LogP contribution < -0.4 is 5.32 Å². The standard InChI is InChI=1S/C14H23N3O2S/c1-10-8-15-13(20-10)11(2)16-14(18)17(3)9-12-4-6-19-7-5-12/h8,11-12H,4-7,9H2,1-3H3,(H,16,18). The Kier molecular flexibility index (Phi) is 5.37. The number of aromatic nitrogens is 1. The summed E-state index contributed by atoms with van der Waals surface area (Å²) in [4.78, 5) is 19.4. The van der Waals surface area contributed by atoms with Gasteiger partial charge in [0.2, 0.25) is 0 Å². The van der Waals surface area contributed by atoms with Crippen molar-refractivity contribution in [2.45, 2.75) is 32.7 Å². The number of hydrogen-bond acceptors (Lipinski definition) is 4. The molecular weight excluding hydrogens is 274 g/mol. The number of ether oxygens (including phenoxy) is 1. The topological polar surface area (TPSA) is 54.5 Å². The minimum Gasteiger partial charge on any atom is -0.381 e. The maximum absolute atomic E-state index is 12.2. The quantitative estimate of drug-likeness (QED) is 0.929. The average Bonchev–Trinajstić information content (AvgIpc) is 2.86. The highest BCUT2D eigenvalue weighted by Crippen LogP contribution is 2.19. The molecule has 1 aromatic heterocycles. The molecule has 0 aliphatic carbocycles. The number of nitrogens with one attached hydrogen (secondary N) is 1. The number of urea groups is 1. The predicted octanol–water partition coefficient (Wildman–Crippen LogP) is 2.58. The van der Waals surface area contributed by atoms with Gasteiger partial charge in [0, 0.05) is 37.9 Å². The molecule has 0 bridgehead atoms. The molecule has 1 saturated heterocycles. The van der Waals surface area contributed by atoms with Gasteiger partial charge in [0.25, 0.3) is 0 Å². The molecule has 6 heteroatoms. The van der Waals surface area contributed by atoms with Crippen LogP contribution in [0.2, 0.25) is 0 Å². The number of carbonyl (C=O) groups is 1. The highest BCUT2D eigenvalue weighted by atomic mass is 32.1. The number of hydrogen-bond donors (Lipinski definition) is 1. The maximum Gasteiger partial charge on any atom is 0.317 e. The first-order valence-electron chi connectivity index (χ1n) is 7.08. The Bertz CT molecular complexity index is 443. The zero-order valence-electron chi connectivity index (χ0n) is 12.4. The van der Waals surface area contributed by atoms with Crippen molar-refractivity contribution in [2.75, 3.05) is 26.8 Å².